The Balaban J connectivity index is 0.000000652. The van der Waals surface area contributed by atoms with Gasteiger partial charge in [-0.15, -0.1) is 0 Å². The first-order chi connectivity index (χ1) is 18.4. The molecule has 0 atom stereocenters. The van der Waals surface area contributed by atoms with Crippen molar-refractivity contribution in [1.29, 1.82) is 0 Å². The molecule has 0 bridgehead atoms. The smallest absolute Gasteiger partial charge is 0.418 e. The highest BCUT2D eigenvalue weighted by atomic mass is 35.5. The van der Waals surface area contributed by atoms with Gasteiger partial charge in [-0.2, -0.15) is 26.3 Å². The molecule has 0 aromatic heterocycles. The molecule has 0 amide bonds. The van der Waals surface area contributed by atoms with Crippen LogP contribution >= 0.6 is 11.6 Å². The zero-order valence-electron chi connectivity index (χ0n) is 21.3. The van der Waals surface area contributed by atoms with Crippen molar-refractivity contribution >= 4 is 34.6 Å². The maximum absolute atomic E-state index is 12.5. The Morgan fingerprint density at radius 1 is 0.732 bits per heavy atom. The van der Waals surface area contributed by atoms with Crippen molar-refractivity contribution in [2.45, 2.75) is 51.2 Å². The number of halogens is 7. The molecule has 0 aliphatic rings. The molecule has 0 unspecified atom stereocenters. The summed E-state index contributed by atoms with van der Waals surface area (Å²) in [6, 6.07) is 9.23. The summed E-state index contributed by atoms with van der Waals surface area (Å²) in [4.78, 5) is 40.8. The van der Waals surface area contributed by atoms with E-state index >= 15 is 0 Å². The van der Waals surface area contributed by atoms with Crippen LogP contribution in [0.15, 0.2) is 48.5 Å². The first kappa shape index (κ1) is 36.8. The summed E-state index contributed by atoms with van der Waals surface area (Å²) >= 11 is 4.92. The number of carbonyl (C=O) groups excluding carboxylic acids is 2. The monoisotopic (exact) mass is 622 g/mol. The van der Waals surface area contributed by atoms with Gasteiger partial charge in [0.15, 0.2) is 5.60 Å². The Morgan fingerprint density at radius 3 is 1.29 bits per heavy atom. The molecule has 0 aliphatic heterocycles. The third kappa shape index (κ3) is 13.6. The third-order valence-corrected chi connectivity index (χ3v) is 4.29. The highest BCUT2D eigenvalue weighted by molar-refractivity contribution is 6.61. The van der Waals surface area contributed by atoms with Gasteiger partial charge in [-0.3, -0.25) is 20.2 Å². The minimum Gasteiger partial charge on any atom is -0.418 e. The van der Waals surface area contributed by atoms with E-state index in [9.17, 15) is 56.2 Å². The zero-order valence-corrected chi connectivity index (χ0v) is 22.0. The summed E-state index contributed by atoms with van der Waals surface area (Å²) < 4.78 is 84.5. The normalized spacial score (nSPS) is 11.5. The molecule has 2 aromatic rings. The number of nitrogens with zero attached hydrogens (tertiary/aromatic N) is 2. The van der Waals surface area contributed by atoms with Gasteiger partial charge in [0.25, 0.3) is 11.4 Å². The third-order valence-electron chi connectivity index (χ3n) is 4.21. The molecule has 2 rings (SSSR count). The number of ether oxygens (including phenoxy) is 3. The Morgan fingerprint density at radius 2 is 1.05 bits per heavy atom. The van der Waals surface area contributed by atoms with Gasteiger partial charge in [0.2, 0.25) is 5.60 Å². The number of rotatable bonds is 5. The van der Waals surface area contributed by atoms with Gasteiger partial charge in [0.1, 0.15) is 11.5 Å². The van der Waals surface area contributed by atoms with E-state index in [1.807, 2.05) is 0 Å². The lowest BCUT2D eigenvalue weighted by molar-refractivity contribution is -0.385. The number of benzene rings is 2. The molecule has 0 saturated heterocycles. The van der Waals surface area contributed by atoms with Gasteiger partial charge in [-0.25, -0.2) is 9.59 Å². The number of hydrogen-bond donors (Lipinski definition) is 1. The van der Waals surface area contributed by atoms with Crippen LogP contribution in [0, 0.1) is 20.2 Å². The molecule has 2 aromatic carbocycles. The molecule has 1 N–H and O–H groups in total. The van der Waals surface area contributed by atoms with Gasteiger partial charge in [0, 0.05) is 35.9 Å². The number of alkyl halides is 6. The van der Waals surface area contributed by atoms with Crippen LogP contribution < -0.4 is 9.47 Å². The molecule has 0 fully saturated rings. The molecule has 228 valence electrons. The Labute approximate surface area is 231 Å². The number of aliphatic hydroxyl groups is 1. The van der Waals surface area contributed by atoms with Gasteiger partial charge >= 0.3 is 23.9 Å². The van der Waals surface area contributed by atoms with Crippen molar-refractivity contribution in [1.82, 2.24) is 0 Å². The van der Waals surface area contributed by atoms with Crippen LogP contribution in [-0.4, -0.2) is 50.1 Å². The summed E-state index contributed by atoms with van der Waals surface area (Å²) in [5, 5.41) is 28.8. The van der Waals surface area contributed by atoms with E-state index in [0.717, 1.165) is 24.3 Å². The molecule has 19 heteroatoms. The van der Waals surface area contributed by atoms with Crippen LogP contribution in [0.5, 0.6) is 11.5 Å². The van der Waals surface area contributed by atoms with Crippen molar-refractivity contribution in [2.75, 3.05) is 0 Å². The fourth-order valence-electron chi connectivity index (χ4n) is 1.75. The number of non-ortho nitro benzene ring substituents is 2. The summed E-state index contributed by atoms with van der Waals surface area (Å²) in [7, 11) is 0. The van der Waals surface area contributed by atoms with Gasteiger partial charge in [-0.1, -0.05) is 0 Å². The fourth-order valence-corrected chi connectivity index (χ4v) is 1.84. The topological polar surface area (TPSA) is 168 Å². The maximum Gasteiger partial charge on any atom is 0.514 e. The van der Waals surface area contributed by atoms with Crippen molar-refractivity contribution in [3.8, 4) is 11.5 Å². The van der Waals surface area contributed by atoms with Crippen LogP contribution in [0.25, 0.3) is 0 Å². The van der Waals surface area contributed by atoms with Gasteiger partial charge < -0.3 is 19.3 Å². The number of hydrogen-bond acceptors (Lipinski definition) is 10. The quantitative estimate of drug-likeness (QED) is 0.0906. The van der Waals surface area contributed by atoms with Gasteiger partial charge in [-0.05, 0) is 52.0 Å². The second-order valence-electron chi connectivity index (χ2n) is 8.36. The number of nitro groups is 2. The highest BCUT2D eigenvalue weighted by Gasteiger charge is 2.51. The molecule has 12 nitrogen and oxygen atoms in total. The minimum absolute atomic E-state index is 0.0747. The fraction of sp³-hybridized carbons (Fsp3) is 0.364. The van der Waals surface area contributed by atoms with Crippen molar-refractivity contribution < 1.29 is 65.1 Å². The second-order valence-corrected chi connectivity index (χ2v) is 8.67. The summed E-state index contributed by atoms with van der Waals surface area (Å²) in [6.45, 7) is 2.74. The summed E-state index contributed by atoms with van der Waals surface area (Å²) in [5.41, 5.74) is -6.57. The van der Waals surface area contributed by atoms with Crippen LogP contribution in [0.1, 0.15) is 27.7 Å². The van der Waals surface area contributed by atoms with E-state index in [-0.39, 0.29) is 22.9 Å². The van der Waals surface area contributed by atoms with E-state index < -0.39 is 45.0 Å². The van der Waals surface area contributed by atoms with Crippen LogP contribution in [0.3, 0.4) is 0 Å². The van der Waals surface area contributed by atoms with E-state index in [1.165, 1.54) is 24.3 Å². The van der Waals surface area contributed by atoms with Crippen molar-refractivity contribution in [3.63, 3.8) is 0 Å². The maximum atomic E-state index is 12.5. The van der Waals surface area contributed by atoms with E-state index in [4.69, 9.17) is 16.7 Å². The van der Waals surface area contributed by atoms with E-state index in [2.05, 4.69) is 14.2 Å². The number of nitro benzene ring substituents is 2. The van der Waals surface area contributed by atoms with Crippen molar-refractivity contribution in [2.24, 2.45) is 0 Å². The Bertz CT molecular complexity index is 1180. The van der Waals surface area contributed by atoms with E-state index in [1.54, 1.807) is 0 Å². The Kier molecular flexibility index (Phi) is 13.0. The first-order valence-corrected chi connectivity index (χ1v) is 10.9. The van der Waals surface area contributed by atoms with Gasteiger partial charge in [0.05, 0.1) is 9.85 Å². The highest BCUT2D eigenvalue weighted by Crippen LogP contribution is 2.33. The molecule has 0 saturated carbocycles. The van der Waals surface area contributed by atoms with Crippen molar-refractivity contribution in [3.05, 3.63) is 68.8 Å². The predicted molar refractivity (Wildman–Crippen MR) is 128 cm³/mol. The molecular formula is C22H21ClF6N2O10. The molecule has 0 radical (unpaired) electrons. The SMILES string of the molecule is CC(C)(O)C(F)(F)F.CC(C)(OC(=O)Oc1ccc([N+](=O)[O-])cc1)C(F)(F)F.O=C(Cl)Oc1ccc([N+](=O)[O-])cc1. The molecule has 41 heavy (non-hydrogen) atoms. The second kappa shape index (κ2) is 14.4. The predicted octanol–water partition coefficient (Wildman–Crippen LogP) is 7.10. The lowest BCUT2D eigenvalue weighted by Gasteiger charge is -2.26. The summed E-state index contributed by atoms with van der Waals surface area (Å²) in [6.07, 6.45) is -10.8. The molecular weight excluding hydrogens is 602 g/mol. The zero-order chi connectivity index (χ0) is 32.4. The molecule has 0 spiro atoms. The average Bonchev–Trinajstić information content (AvgIpc) is 2.77. The largest absolute Gasteiger partial charge is 0.514 e. The molecule has 0 heterocycles. The van der Waals surface area contributed by atoms with Crippen LogP contribution in [0.4, 0.5) is 47.3 Å². The standard InChI is InChI=1S/C11H10F3NO5.C7H4ClNO4.C4H7F3O/c1-10(2,11(12,13)14)20-9(16)19-8-5-3-7(4-6-8)15(17)18;8-7(10)13-6-3-1-5(2-4-6)9(11)12;1-3(2,8)4(5,6)7/h3-6H,1-2H3;1-4H;8H,1-2H3. The average molecular weight is 623 g/mol. The van der Waals surface area contributed by atoms with Crippen LogP contribution in [0.2, 0.25) is 0 Å². The first-order valence-electron chi connectivity index (χ1n) is 10.5. The minimum atomic E-state index is -4.75. The van der Waals surface area contributed by atoms with E-state index in [0.29, 0.717) is 27.7 Å². The Hall–Kier alpha value is -4.19. The summed E-state index contributed by atoms with van der Waals surface area (Å²) in [5.74, 6) is 0.00387. The number of carbonyl (C=O) groups is 2. The van der Waals surface area contributed by atoms with Crippen LogP contribution in [-0.2, 0) is 4.74 Å². The lowest BCUT2D eigenvalue weighted by Crippen LogP contribution is -2.44. The lowest BCUT2D eigenvalue weighted by atomic mass is 10.1. The molecule has 0 aliphatic carbocycles.